The lowest BCUT2D eigenvalue weighted by Crippen LogP contribution is -2.43. The largest absolute Gasteiger partial charge is 0.378 e. The number of nitrogens with two attached hydrogens (primary N) is 1. The Balaban J connectivity index is 1.23. The number of hydrogen-bond donors (Lipinski definition) is 2. The highest BCUT2D eigenvalue weighted by atomic mass is 32.2. The molecule has 3 N–H and O–H groups in total. The van der Waals surface area contributed by atoms with E-state index in [9.17, 15) is 0 Å². The summed E-state index contributed by atoms with van der Waals surface area (Å²) in [7, 11) is 0. The molecule has 33 heavy (non-hydrogen) atoms. The Kier molecular flexibility index (Phi) is 8.80. The smallest absolute Gasteiger partial charge is 0.199 e. The van der Waals surface area contributed by atoms with Gasteiger partial charge in [-0.3, -0.25) is 0 Å². The number of likely N-dealkylation sites (tertiary alicyclic amines) is 1. The number of thiocarbonyl (C=S) groups is 1. The van der Waals surface area contributed by atoms with Crippen molar-refractivity contribution in [1.29, 1.82) is 0 Å². The van der Waals surface area contributed by atoms with Crippen molar-refractivity contribution in [3.63, 3.8) is 0 Å². The van der Waals surface area contributed by atoms with Gasteiger partial charge in [0.05, 0.1) is 0 Å². The molecule has 0 radical (unpaired) electrons. The highest BCUT2D eigenvalue weighted by Crippen LogP contribution is 2.26. The van der Waals surface area contributed by atoms with E-state index in [1.807, 2.05) is 30.4 Å². The fraction of sp³-hybridized carbons (Fsp3) is 0.385. The van der Waals surface area contributed by atoms with Crippen molar-refractivity contribution in [2.75, 3.05) is 42.1 Å². The molecule has 5 nitrogen and oxygen atoms in total. The van der Waals surface area contributed by atoms with Gasteiger partial charge in [-0.05, 0) is 80.8 Å². The van der Waals surface area contributed by atoms with Gasteiger partial charge in [0, 0.05) is 36.3 Å². The highest BCUT2D eigenvalue weighted by molar-refractivity contribution is 8.14. The van der Waals surface area contributed by atoms with Gasteiger partial charge in [0.15, 0.2) is 10.3 Å². The zero-order chi connectivity index (χ0) is 22.9. The topological polar surface area (TPSA) is 56.9 Å². The van der Waals surface area contributed by atoms with Crippen molar-refractivity contribution in [3.8, 4) is 0 Å². The van der Waals surface area contributed by atoms with E-state index in [1.165, 1.54) is 61.8 Å². The average molecular weight is 480 g/mol. The maximum Gasteiger partial charge on any atom is 0.199 e. The maximum atomic E-state index is 6.09. The van der Waals surface area contributed by atoms with Gasteiger partial charge >= 0.3 is 0 Å². The highest BCUT2D eigenvalue weighted by Gasteiger charge is 2.26. The Labute approximate surface area is 207 Å². The van der Waals surface area contributed by atoms with Crippen LogP contribution in [0.15, 0.2) is 77.4 Å². The molecule has 1 aromatic carbocycles. The molecule has 3 aliphatic rings. The monoisotopic (exact) mass is 479 g/mol. The Hall–Kier alpha value is -2.35. The molecule has 2 saturated heterocycles. The quantitative estimate of drug-likeness (QED) is 0.348. The third-order valence-electron chi connectivity index (χ3n) is 6.27. The number of amidine groups is 1. The molecular weight excluding hydrogens is 446 g/mol. The van der Waals surface area contributed by atoms with E-state index in [4.69, 9.17) is 18.0 Å². The van der Waals surface area contributed by atoms with Crippen LogP contribution in [0.5, 0.6) is 0 Å². The van der Waals surface area contributed by atoms with Gasteiger partial charge in [-0.25, -0.2) is 0 Å². The first-order chi connectivity index (χ1) is 16.2. The first-order valence-electron chi connectivity index (χ1n) is 11.7. The molecule has 1 aromatic rings. The molecule has 1 aliphatic carbocycles. The Bertz CT molecular complexity index is 947. The van der Waals surface area contributed by atoms with E-state index in [0.717, 1.165) is 30.6 Å². The second-order valence-electron chi connectivity index (χ2n) is 8.55. The van der Waals surface area contributed by atoms with E-state index in [-0.39, 0.29) is 0 Å². The predicted octanol–water partition coefficient (Wildman–Crippen LogP) is 5.10. The van der Waals surface area contributed by atoms with Gasteiger partial charge in [-0.2, -0.15) is 4.99 Å². The van der Waals surface area contributed by atoms with Gasteiger partial charge in [0.2, 0.25) is 0 Å². The van der Waals surface area contributed by atoms with Crippen molar-refractivity contribution in [2.45, 2.75) is 31.7 Å². The minimum atomic E-state index is 0.379. The van der Waals surface area contributed by atoms with Crippen LogP contribution < -0.4 is 16.0 Å². The Morgan fingerprint density at radius 2 is 1.70 bits per heavy atom. The summed E-state index contributed by atoms with van der Waals surface area (Å²) in [4.78, 5) is 9.52. The number of piperidine rings is 1. The Morgan fingerprint density at radius 3 is 2.45 bits per heavy atom. The molecule has 0 bridgehead atoms. The normalized spacial score (nSPS) is 19.9. The van der Waals surface area contributed by atoms with Crippen LogP contribution in [0.1, 0.15) is 25.7 Å². The number of aliphatic imine (C=N–C) groups is 1. The zero-order valence-corrected chi connectivity index (χ0v) is 20.7. The Morgan fingerprint density at radius 1 is 1.00 bits per heavy atom. The van der Waals surface area contributed by atoms with Gasteiger partial charge < -0.3 is 20.9 Å². The molecule has 0 saturated carbocycles. The van der Waals surface area contributed by atoms with Crippen molar-refractivity contribution in [2.24, 2.45) is 10.7 Å². The van der Waals surface area contributed by atoms with Gasteiger partial charge in [0.1, 0.15) is 0 Å². The second-order valence-corrected chi connectivity index (χ2v) is 9.93. The number of anilines is 2. The number of allylic oxidation sites excluding steroid dienone is 7. The van der Waals surface area contributed by atoms with Crippen LogP contribution in [0.4, 0.5) is 11.4 Å². The fourth-order valence-corrected chi connectivity index (χ4v) is 5.43. The van der Waals surface area contributed by atoms with Crippen LogP contribution in [0.3, 0.4) is 0 Å². The van der Waals surface area contributed by atoms with Gasteiger partial charge in [0.25, 0.3) is 0 Å². The van der Waals surface area contributed by atoms with Crippen LogP contribution in [-0.2, 0) is 0 Å². The molecule has 7 heteroatoms. The first kappa shape index (κ1) is 23.8. The summed E-state index contributed by atoms with van der Waals surface area (Å²) in [6.45, 7) is 4.84. The van der Waals surface area contributed by atoms with Gasteiger partial charge in [-0.1, -0.05) is 54.3 Å². The predicted molar refractivity (Wildman–Crippen MR) is 148 cm³/mol. The maximum absolute atomic E-state index is 6.09. The molecule has 0 aromatic heterocycles. The number of rotatable bonds is 5. The minimum Gasteiger partial charge on any atom is -0.378 e. The molecule has 0 atom stereocenters. The molecule has 0 spiro atoms. The molecular formula is C26H33N5S2. The lowest BCUT2D eigenvalue weighted by atomic mass is 10.0. The summed E-state index contributed by atoms with van der Waals surface area (Å²) in [5.41, 5.74) is 9.47. The summed E-state index contributed by atoms with van der Waals surface area (Å²) in [6.07, 6.45) is 19.5. The van der Waals surface area contributed by atoms with E-state index in [0.29, 0.717) is 10.3 Å². The summed E-state index contributed by atoms with van der Waals surface area (Å²) >= 11 is 6.87. The third-order valence-corrected chi connectivity index (χ3v) is 7.33. The van der Waals surface area contributed by atoms with Gasteiger partial charge in [-0.15, -0.1) is 0 Å². The van der Waals surface area contributed by atoms with E-state index >= 15 is 0 Å². The van der Waals surface area contributed by atoms with E-state index in [2.05, 4.69) is 56.5 Å². The fourth-order valence-electron chi connectivity index (χ4n) is 4.50. The first-order valence-corrected chi connectivity index (χ1v) is 13.1. The van der Waals surface area contributed by atoms with Crippen LogP contribution in [-0.4, -0.2) is 53.2 Å². The van der Waals surface area contributed by atoms with E-state index < -0.39 is 0 Å². The molecule has 2 heterocycles. The second kappa shape index (κ2) is 12.2. The van der Waals surface area contributed by atoms with E-state index in [1.54, 1.807) is 0 Å². The van der Waals surface area contributed by atoms with Crippen molar-refractivity contribution < 1.29 is 0 Å². The van der Waals surface area contributed by atoms with Crippen LogP contribution in [0, 0.1) is 0 Å². The molecule has 174 valence electrons. The summed E-state index contributed by atoms with van der Waals surface area (Å²) < 4.78 is 0. The zero-order valence-electron chi connectivity index (χ0n) is 19.0. The molecule has 0 amide bonds. The number of nitrogens with zero attached hydrogens (tertiary/aromatic N) is 3. The minimum absolute atomic E-state index is 0.379. The van der Waals surface area contributed by atoms with Crippen molar-refractivity contribution in [3.05, 3.63) is 72.4 Å². The van der Waals surface area contributed by atoms with Crippen molar-refractivity contribution in [1.82, 2.24) is 4.90 Å². The average Bonchev–Trinajstić information content (AvgIpc) is 3.34. The molecule has 4 rings (SSSR count). The SMILES string of the molecule is NC(=NC(=S)Nc1ccc(N2CCC(N3CCCC3)CC2)cc1)SCC1=CC=CC=CC=C1. The van der Waals surface area contributed by atoms with Crippen LogP contribution in [0.2, 0.25) is 0 Å². The number of nitrogens with one attached hydrogen (secondary N) is 1. The lowest BCUT2D eigenvalue weighted by Gasteiger charge is -2.37. The molecule has 0 unspecified atom stereocenters. The number of thioether (sulfide) groups is 1. The van der Waals surface area contributed by atoms with Crippen molar-refractivity contribution >= 4 is 45.6 Å². The molecule has 2 fully saturated rings. The van der Waals surface area contributed by atoms with Crippen LogP contribution >= 0.6 is 24.0 Å². The summed E-state index contributed by atoms with van der Waals surface area (Å²) in [5.74, 6) is 0.746. The lowest BCUT2D eigenvalue weighted by molar-refractivity contribution is 0.208. The summed E-state index contributed by atoms with van der Waals surface area (Å²) in [5, 5.41) is 4.02. The van der Waals surface area contributed by atoms with Crippen LogP contribution in [0.25, 0.3) is 0 Å². The number of benzene rings is 1. The molecule has 2 aliphatic heterocycles. The summed E-state index contributed by atoms with van der Waals surface area (Å²) in [6, 6.07) is 9.24. The standard InChI is InChI=1S/C26H33N5S2/c27-25(33-20-21-8-4-2-1-3-5-9-21)29-26(32)28-22-10-12-23(13-11-22)31-18-14-24(15-19-31)30-16-6-7-17-30/h1-5,8-13,24H,6-7,14-20H2,(H3,27,28,29,32). The number of hydrogen-bond acceptors (Lipinski definition) is 4. The third kappa shape index (κ3) is 7.32.